The van der Waals surface area contributed by atoms with Crippen LogP contribution in [0.3, 0.4) is 0 Å². The Hall–Kier alpha value is -1.32. The van der Waals surface area contributed by atoms with Gasteiger partial charge < -0.3 is 4.42 Å². The topological polar surface area (TPSA) is 26.0 Å². The molecule has 0 saturated carbocycles. The molecular formula is C12H8ClNOS. The van der Waals surface area contributed by atoms with Crippen molar-refractivity contribution < 1.29 is 4.42 Å². The van der Waals surface area contributed by atoms with E-state index in [9.17, 15) is 0 Å². The molecule has 0 fully saturated rings. The van der Waals surface area contributed by atoms with Crippen LogP contribution in [0, 0.1) is 6.92 Å². The van der Waals surface area contributed by atoms with Gasteiger partial charge in [0.25, 0.3) is 0 Å². The average Bonchev–Trinajstić information content (AvgIpc) is 2.83. The molecule has 80 valence electrons. The zero-order valence-corrected chi connectivity index (χ0v) is 10.1. The van der Waals surface area contributed by atoms with Gasteiger partial charge in [0, 0.05) is 15.8 Å². The van der Waals surface area contributed by atoms with E-state index in [2.05, 4.69) is 4.98 Å². The van der Waals surface area contributed by atoms with E-state index in [1.54, 1.807) is 11.3 Å². The van der Waals surface area contributed by atoms with Gasteiger partial charge in [-0.3, -0.25) is 0 Å². The van der Waals surface area contributed by atoms with E-state index >= 15 is 0 Å². The monoisotopic (exact) mass is 249 g/mol. The van der Waals surface area contributed by atoms with Crippen molar-refractivity contribution in [2.24, 2.45) is 0 Å². The second kappa shape index (κ2) is 3.61. The lowest BCUT2D eigenvalue weighted by Gasteiger charge is -1.88. The maximum absolute atomic E-state index is 5.92. The van der Waals surface area contributed by atoms with E-state index in [0.717, 1.165) is 27.4 Å². The van der Waals surface area contributed by atoms with Crippen LogP contribution in [0.25, 0.3) is 22.4 Å². The fourth-order valence-electron chi connectivity index (χ4n) is 1.62. The summed E-state index contributed by atoms with van der Waals surface area (Å²) in [5.74, 6) is 0.793. The molecule has 0 radical (unpaired) electrons. The zero-order valence-electron chi connectivity index (χ0n) is 8.53. The van der Waals surface area contributed by atoms with Gasteiger partial charge in [-0.05, 0) is 31.2 Å². The summed E-state index contributed by atoms with van der Waals surface area (Å²) in [7, 11) is 0. The molecule has 0 unspecified atom stereocenters. The van der Waals surface area contributed by atoms with Crippen molar-refractivity contribution in [2.45, 2.75) is 6.92 Å². The highest BCUT2D eigenvalue weighted by molar-refractivity contribution is 7.09. The molecule has 2 heterocycles. The number of aryl methyl sites for hydroxylation is 1. The van der Waals surface area contributed by atoms with Crippen LogP contribution in [-0.2, 0) is 0 Å². The number of fused-ring (bicyclic) bond motifs is 1. The summed E-state index contributed by atoms with van der Waals surface area (Å²) < 4.78 is 5.71. The maximum Gasteiger partial charge on any atom is 0.154 e. The number of benzene rings is 1. The molecule has 0 spiro atoms. The van der Waals surface area contributed by atoms with Crippen LogP contribution in [0.5, 0.6) is 0 Å². The Morgan fingerprint density at radius 2 is 2.19 bits per heavy atom. The van der Waals surface area contributed by atoms with Crippen molar-refractivity contribution in [2.75, 3.05) is 0 Å². The number of hydrogen-bond acceptors (Lipinski definition) is 3. The third kappa shape index (κ3) is 1.62. The third-order valence-electron chi connectivity index (χ3n) is 2.35. The van der Waals surface area contributed by atoms with Crippen LogP contribution >= 0.6 is 22.9 Å². The molecule has 3 rings (SSSR count). The molecule has 4 heteroatoms. The van der Waals surface area contributed by atoms with Gasteiger partial charge in [0.05, 0.1) is 5.01 Å². The summed E-state index contributed by atoms with van der Waals surface area (Å²) in [5, 5.41) is 4.75. The Kier molecular flexibility index (Phi) is 2.23. The maximum atomic E-state index is 5.92. The molecule has 0 atom stereocenters. The molecule has 3 aromatic rings. The number of rotatable bonds is 1. The molecule has 0 amide bonds. The number of halogens is 1. The normalized spacial score (nSPS) is 11.1. The van der Waals surface area contributed by atoms with Gasteiger partial charge in [0.2, 0.25) is 0 Å². The van der Waals surface area contributed by atoms with Gasteiger partial charge >= 0.3 is 0 Å². The molecule has 0 aliphatic rings. The standard InChI is InChI=1S/C12H8ClNOS/c1-7-14-10(6-16-7)12-5-8-4-9(13)2-3-11(8)15-12/h2-6H,1H3. The van der Waals surface area contributed by atoms with E-state index in [4.69, 9.17) is 16.0 Å². The van der Waals surface area contributed by atoms with Crippen LogP contribution < -0.4 is 0 Å². The van der Waals surface area contributed by atoms with Crippen LogP contribution in [-0.4, -0.2) is 4.98 Å². The fraction of sp³-hybridized carbons (Fsp3) is 0.0833. The predicted molar refractivity (Wildman–Crippen MR) is 67.1 cm³/mol. The lowest BCUT2D eigenvalue weighted by atomic mass is 10.2. The fourth-order valence-corrected chi connectivity index (χ4v) is 2.40. The molecule has 16 heavy (non-hydrogen) atoms. The first-order chi connectivity index (χ1) is 7.72. The van der Waals surface area contributed by atoms with Crippen molar-refractivity contribution >= 4 is 33.9 Å². The summed E-state index contributed by atoms with van der Waals surface area (Å²) in [4.78, 5) is 4.39. The second-order valence-electron chi connectivity index (χ2n) is 3.54. The molecule has 2 aromatic heterocycles. The molecule has 0 N–H and O–H groups in total. The molecule has 0 bridgehead atoms. The van der Waals surface area contributed by atoms with Gasteiger partial charge in [0.1, 0.15) is 11.3 Å². The second-order valence-corrected chi connectivity index (χ2v) is 5.04. The van der Waals surface area contributed by atoms with Crippen LogP contribution in [0.4, 0.5) is 0 Å². The van der Waals surface area contributed by atoms with Crippen molar-refractivity contribution in [3.05, 3.63) is 39.7 Å². The van der Waals surface area contributed by atoms with E-state index in [0.29, 0.717) is 5.02 Å². The molecule has 2 nitrogen and oxygen atoms in total. The van der Waals surface area contributed by atoms with Crippen molar-refractivity contribution in [1.82, 2.24) is 4.98 Å². The minimum atomic E-state index is 0.717. The lowest BCUT2D eigenvalue weighted by molar-refractivity contribution is 0.629. The Labute approximate surface area is 101 Å². The Morgan fingerprint density at radius 3 is 2.94 bits per heavy atom. The van der Waals surface area contributed by atoms with Crippen LogP contribution in [0.2, 0.25) is 5.02 Å². The molecule has 0 aliphatic carbocycles. The quantitative estimate of drug-likeness (QED) is 0.634. The first kappa shape index (κ1) is 9.87. The summed E-state index contributed by atoms with van der Waals surface area (Å²) in [6, 6.07) is 7.56. The van der Waals surface area contributed by atoms with Gasteiger partial charge in [-0.1, -0.05) is 11.6 Å². The van der Waals surface area contributed by atoms with Crippen molar-refractivity contribution in [3.63, 3.8) is 0 Å². The van der Waals surface area contributed by atoms with Gasteiger partial charge in [-0.15, -0.1) is 11.3 Å². The molecule has 0 aliphatic heterocycles. The SMILES string of the molecule is Cc1nc(-c2cc3cc(Cl)ccc3o2)cs1. The number of nitrogens with zero attached hydrogens (tertiary/aromatic N) is 1. The summed E-state index contributed by atoms with van der Waals surface area (Å²) >= 11 is 7.54. The highest BCUT2D eigenvalue weighted by atomic mass is 35.5. The number of hydrogen-bond donors (Lipinski definition) is 0. The highest BCUT2D eigenvalue weighted by Crippen LogP contribution is 2.29. The summed E-state index contributed by atoms with van der Waals surface area (Å²) in [6.07, 6.45) is 0. The average molecular weight is 250 g/mol. The molecular weight excluding hydrogens is 242 g/mol. The molecule has 0 saturated heterocycles. The van der Waals surface area contributed by atoms with Gasteiger partial charge in [-0.25, -0.2) is 4.98 Å². The van der Waals surface area contributed by atoms with E-state index in [1.165, 1.54) is 0 Å². The van der Waals surface area contributed by atoms with Crippen LogP contribution in [0.1, 0.15) is 5.01 Å². The predicted octanol–water partition coefficient (Wildman–Crippen LogP) is 4.52. The van der Waals surface area contributed by atoms with Crippen molar-refractivity contribution in [1.29, 1.82) is 0 Å². The Balaban J connectivity index is 2.18. The Morgan fingerprint density at radius 1 is 1.31 bits per heavy atom. The Bertz CT molecular complexity index is 656. The number of thiazole rings is 1. The summed E-state index contributed by atoms with van der Waals surface area (Å²) in [6.45, 7) is 1.98. The highest BCUT2D eigenvalue weighted by Gasteiger charge is 2.08. The number of aromatic nitrogens is 1. The zero-order chi connectivity index (χ0) is 11.1. The van der Waals surface area contributed by atoms with Gasteiger partial charge in [-0.2, -0.15) is 0 Å². The van der Waals surface area contributed by atoms with Gasteiger partial charge in [0.15, 0.2) is 5.76 Å². The third-order valence-corrected chi connectivity index (χ3v) is 3.36. The summed E-state index contributed by atoms with van der Waals surface area (Å²) in [5.41, 5.74) is 1.72. The first-order valence-electron chi connectivity index (χ1n) is 4.84. The minimum absolute atomic E-state index is 0.717. The van der Waals surface area contributed by atoms with E-state index in [-0.39, 0.29) is 0 Å². The number of furan rings is 1. The lowest BCUT2D eigenvalue weighted by Crippen LogP contribution is -1.72. The first-order valence-corrected chi connectivity index (χ1v) is 6.10. The smallest absolute Gasteiger partial charge is 0.154 e. The van der Waals surface area contributed by atoms with E-state index in [1.807, 2.05) is 36.6 Å². The molecule has 1 aromatic carbocycles. The van der Waals surface area contributed by atoms with Crippen molar-refractivity contribution in [3.8, 4) is 11.5 Å². The minimum Gasteiger partial charge on any atom is -0.454 e. The van der Waals surface area contributed by atoms with E-state index < -0.39 is 0 Å². The largest absolute Gasteiger partial charge is 0.454 e. The van der Waals surface area contributed by atoms with Crippen LogP contribution in [0.15, 0.2) is 34.1 Å².